The largest absolute Gasteiger partial charge is 0.391 e. The lowest BCUT2D eigenvalue weighted by atomic mass is 10.0. The number of rotatable bonds is 4. The minimum atomic E-state index is -0.258. The van der Waals surface area contributed by atoms with Gasteiger partial charge in [0.1, 0.15) is 5.69 Å². The summed E-state index contributed by atoms with van der Waals surface area (Å²) in [6.07, 6.45) is 4.69. The van der Waals surface area contributed by atoms with Crippen LogP contribution in [0.3, 0.4) is 0 Å². The summed E-state index contributed by atoms with van der Waals surface area (Å²) in [6, 6.07) is 0.574. The number of nitrogens with zero attached hydrogens (tertiary/aromatic N) is 2. The van der Waals surface area contributed by atoms with Crippen LogP contribution in [0.2, 0.25) is 0 Å². The zero-order valence-electron chi connectivity index (χ0n) is 10.8. The van der Waals surface area contributed by atoms with Crippen LogP contribution >= 0.6 is 0 Å². The van der Waals surface area contributed by atoms with Crippen molar-refractivity contribution in [1.29, 1.82) is 0 Å². The molecule has 2 heterocycles. The smallest absolute Gasteiger partial charge is 0.276 e. The summed E-state index contributed by atoms with van der Waals surface area (Å²) in [4.78, 5) is 20.2. The van der Waals surface area contributed by atoms with Gasteiger partial charge in [0.25, 0.3) is 5.56 Å². The molecule has 0 amide bonds. The van der Waals surface area contributed by atoms with E-state index in [1.165, 1.54) is 6.33 Å². The fourth-order valence-corrected chi connectivity index (χ4v) is 2.30. The molecule has 1 aromatic rings. The standard InChI is InChI=1S/C12H21N5O/c1-2-5-14-9-3-6-17(7-4-9)11-10(13)12(18)16-8-15-11/h8-9,14H,2-7,13H2,1H3,(H,15,16,18). The van der Waals surface area contributed by atoms with Gasteiger partial charge in [-0.15, -0.1) is 0 Å². The second kappa shape index (κ2) is 5.86. The summed E-state index contributed by atoms with van der Waals surface area (Å²) in [7, 11) is 0. The lowest BCUT2D eigenvalue weighted by molar-refractivity contribution is 0.414. The summed E-state index contributed by atoms with van der Waals surface area (Å²) < 4.78 is 0. The minimum absolute atomic E-state index is 0.220. The van der Waals surface area contributed by atoms with Crippen molar-refractivity contribution in [3.05, 3.63) is 16.7 Å². The Balaban J connectivity index is 1.97. The van der Waals surface area contributed by atoms with Gasteiger partial charge >= 0.3 is 0 Å². The number of H-pyrrole nitrogens is 1. The maximum Gasteiger partial charge on any atom is 0.276 e. The van der Waals surface area contributed by atoms with Crippen molar-refractivity contribution in [2.75, 3.05) is 30.3 Å². The molecule has 4 N–H and O–H groups in total. The van der Waals surface area contributed by atoms with E-state index in [0.717, 1.165) is 38.9 Å². The molecule has 0 aromatic carbocycles. The normalized spacial score (nSPS) is 17.1. The van der Waals surface area contributed by atoms with Crippen molar-refractivity contribution in [3.8, 4) is 0 Å². The van der Waals surface area contributed by atoms with Gasteiger partial charge in [-0.1, -0.05) is 6.92 Å². The number of piperidine rings is 1. The van der Waals surface area contributed by atoms with E-state index in [-0.39, 0.29) is 11.2 Å². The highest BCUT2D eigenvalue weighted by Crippen LogP contribution is 2.20. The molecular weight excluding hydrogens is 230 g/mol. The first-order valence-electron chi connectivity index (χ1n) is 6.54. The average Bonchev–Trinajstić information content (AvgIpc) is 2.40. The Morgan fingerprint density at radius 3 is 2.94 bits per heavy atom. The Bertz CT molecular complexity index is 436. The van der Waals surface area contributed by atoms with Crippen molar-refractivity contribution in [3.63, 3.8) is 0 Å². The van der Waals surface area contributed by atoms with Crippen LogP contribution in [0.25, 0.3) is 0 Å². The van der Waals surface area contributed by atoms with E-state index >= 15 is 0 Å². The summed E-state index contributed by atoms with van der Waals surface area (Å²) in [5.41, 5.74) is 5.73. The van der Waals surface area contributed by atoms with E-state index in [2.05, 4.69) is 27.1 Å². The Labute approximate surface area is 107 Å². The van der Waals surface area contributed by atoms with Crippen molar-refractivity contribution in [2.24, 2.45) is 0 Å². The SMILES string of the molecule is CCCNC1CCN(c2nc[nH]c(=O)c2N)CC1. The Hall–Kier alpha value is -1.56. The third-order valence-electron chi connectivity index (χ3n) is 3.35. The molecule has 18 heavy (non-hydrogen) atoms. The molecule has 0 saturated carbocycles. The van der Waals surface area contributed by atoms with Gasteiger partial charge in [-0.25, -0.2) is 4.98 Å². The highest BCUT2D eigenvalue weighted by Gasteiger charge is 2.21. The van der Waals surface area contributed by atoms with Gasteiger partial charge in [-0.2, -0.15) is 0 Å². The Morgan fingerprint density at radius 2 is 2.28 bits per heavy atom. The molecule has 2 rings (SSSR count). The van der Waals surface area contributed by atoms with Crippen molar-refractivity contribution >= 4 is 11.5 Å². The van der Waals surface area contributed by atoms with Crippen LogP contribution < -0.4 is 21.5 Å². The summed E-state index contributed by atoms with van der Waals surface area (Å²) in [6.45, 7) is 5.02. The maximum absolute atomic E-state index is 11.4. The van der Waals surface area contributed by atoms with E-state index in [1.54, 1.807) is 0 Å². The van der Waals surface area contributed by atoms with E-state index in [9.17, 15) is 4.79 Å². The minimum Gasteiger partial charge on any atom is -0.391 e. The van der Waals surface area contributed by atoms with E-state index in [0.29, 0.717) is 11.9 Å². The second-order valence-electron chi connectivity index (χ2n) is 4.68. The number of hydrogen-bond acceptors (Lipinski definition) is 5. The van der Waals surface area contributed by atoms with Crippen LogP contribution in [0.5, 0.6) is 0 Å². The first-order valence-corrected chi connectivity index (χ1v) is 6.54. The molecule has 0 atom stereocenters. The van der Waals surface area contributed by atoms with Crippen LogP contribution in [-0.4, -0.2) is 35.6 Å². The Kier molecular flexibility index (Phi) is 4.19. The highest BCUT2D eigenvalue weighted by molar-refractivity contribution is 5.60. The lowest BCUT2D eigenvalue weighted by Gasteiger charge is -2.33. The lowest BCUT2D eigenvalue weighted by Crippen LogP contribution is -2.43. The quantitative estimate of drug-likeness (QED) is 0.717. The molecule has 1 aliphatic rings. The molecule has 100 valence electrons. The van der Waals surface area contributed by atoms with Gasteiger partial charge in [-0.3, -0.25) is 4.79 Å². The predicted octanol–water partition coefficient (Wildman–Crippen LogP) is 0.321. The zero-order valence-corrected chi connectivity index (χ0v) is 10.8. The van der Waals surface area contributed by atoms with Crippen molar-refractivity contribution in [2.45, 2.75) is 32.2 Å². The molecule has 1 saturated heterocycles. The van der Waals surface area contributed by atoms with Gasteiger partial charge in [-0.05, 0) is 25.8 Å². The van der Waals surface area contributed by atoms with Gasteiger partial charge in [0.05, 0.1) is 6.33 Å². The monoisotopic (exact) mass is 251 g/mol. The van der Waals surface area contributed by atoms with Gasteiger partial charge in [0.15, 0.2) is 5.82 Å². The number of hydrogen-bond donors (Lipinski definition) is 3. The fraction of sp³-hybridized carbons (Fsp3) is 0.667. The summed E-state index contributed by atoms with van der Waals surface area (Å²) in [5, 5.41) is 3.52. The van der Waals surface area contributed by atoms with Crippen LogP contribution in [0, 0.1) is 0 Å². The highest BCUT2D eigenvalue weighted by atomic mass is 16.1. The molecule has 1 aliphatic heterocycles. The van der Waals surface area contributed by atoms with Gasteiger partial charge in [0, 0.05) is 19.1 Å². The Morgan fingerprint density at radius 1 is 1.56 bits per heavy atom. The molecule has 1 fully saturated rings. The van der Waals surface area contributed by atoms with Crippen molar-refractivity contribution < 1.29 is 0 Å². The molecule has 0 aliphatic carbocycles. The number of aromatic nitrogens is 2. The second-order valence-corrected chi connectivity index (χ2v) is 4.68. The predicted molar refractivity (Wildman–Crippen MR) is 72.8 cm³/mol. The maximum atomic E-state index is 11.4. The van der Waals surface area contributed by atoms with Crippen LogP contribution in [0.1, 0.15) is 26.2 Å². The number of nitrogens with two attached hydrogens (primary N) is 1. The van der Waals surface area contributed by atoms with Crippen LogP contribution in [-0.2, 0) is 0 Å². The first kappa shape index (κ1) is 12.9. The molecule has 6 nitrogen and oxygen atoms in total. The van der Waals surface area contributed by atoms with E-state index in [4.69, 9.17) is 5.73 Å². The molecule has 0 bridgehead atoms. The van der Waals surface area contributed by atoms with Crippen LogP contribution in [0.15, 0.2) is 11.1 Å². The zero-order chi connectivity index (χ0) is 13.0. The molecule has 0 unspecified atom stereocenters. The number of aromatic amines is 1. The third-order valence-corrected chi connectivity index (χ3v) is 3.35. The molecule has 6 heteroatoms. The summed E-state index contributed by atoms with van der Waals surface area (Å²) >= 11 is 0. The molecular formula is C12H21N5O. The molecule has 0 spiro atoms. The van der Waals surface area contributed by atoms with Crippen LogP contribution in [0.4, 0.5) is 11.5 Å². The van der Waals surface area contributed by atoms with Crippen molar-refractivity contribution in [1.82, 2.24) is 15.3 Å². The number of nitrogen functional groups attached to an aromatic ring is 1. The summed E-state index contributed by atoms with van der Waals surface area (Å²) in [5.74, 6) is 0.618. The molecule has 0 radical (unpaired) electrons. The third kappa shape index (κ3) is 2.81. The number of anilines is 2. The average molecular weight is 251 g/mol. The fourth-order valence-electron chi connectivity index (χ4n) is 2.30. The van der Waals surface area contributed by atoms with Gasteiger partial charge < -0.3 is 20.9 Å². The van der Waals surface area contributed by atoms with E-state index < -0.39 is 0 Å². The van der Waals surface area contributed by atoms with E-state index in [1.807, 2.05) is 0 Å². The first-order chi connectivity index (χ1) is 8.72. The van der Waals surface area contributed by atoms with Gasteiger partial charge in [0.2, 0.25) is 0 Å². The topological polar surface area (TPSA) is 87.0 Å². The molecule has 1 aromatic heterocycles. The number of nitrogens with one attached hydrogen (secondary N) is 2.